The lowest BCUT2D eigenvalue weighted by Crippen LogP contribution is -2.12. The van der Waals surface area contributed by atoms with Crippen LogP contribution in [0.2, 0.25) is 5.02 Å². The molecule has 0 bridgehead atoms. The monoisotopic (exact) mass is 358 g/mol. The maximum atomic E-state index is 13.3. The van der Waals surface area contributed by atoms with E-state index in [1.165, 1.54) is 12.1 Å². The highest BCUT2D eigenvalue weighted by Crippen LogP contribution is 2.31. The van der Waals surface area contributed by atoms with Crippen LogP contribution < -0.4 is 11.1 Å². The quantitative estimate of drug-likeness (QED) is 0.785. The Labute approximate surface area is 128 Å². The lowest BCUT2D eigenvalue weighted by Gasteiger charge is -2.13. The van der Waals surface area contributed by atoms with Gasteiger partial charge in [0.2, 0.25) is 0 Å². The lowest BCUT2D eigenvalue weighted by molar-refractivity contribution is 0.628. The van der Waals surface area contributed by atoms with Gasteiger partial charge >= 0.3 is 0 Å². The van der Waals surface area contributed by atoms with E-state index in [0.29, 0.717) is 22.0 Å². The molecule has 0 aliphatic rings. The second-order valence-electron chi connectivity index (χ2n) is 3.78. The second kappa shape index (κ2) is 5.86. The zero-order valence-electron chi connectivity index (χ0n) is 9.58. The molecule has 0 spiro atoms. The van der Waals surface area contributed by atoms with Gasteiger partial charge in [0.1, 0.15) is 10.8 Å². The van der Waals surface area contributed by atoms with Crippen molar-refractivity contribution in [2.45, 2.75) is 0 Å². The Bertz CT molecular complexity index is 649. The fourth-order valence-electron chi connectivity index (χ4n) is 1.62. The smallest absolute Gasteiger partial charge is 0.125 e. The number of halogens is 3. The van der Waals surface area contributed by atoms with E-state index in [1.807, 2.05) is 0 Å². The highest BCUT2D eigenvalue weighted by atomic mass is 79.9. The van der Waals surface area contributed by atoms with Crippen molar-refractivity contribution in [2.24, 2.45) is 5.73 Å². The predicted octanol–water partition coefficient (Wildman–Crippen LogP) is 4.62. The highest BCUT2D eigenvalue weighted by Gasteiger charge is 2.11. The largest absolute Gasteiger partial charge is 0.389 e. The summed E-state index contributed by atoms with van der Waals surface area (Å²) in [5.74, 6) is -0.343. The van der Waals surface area contributed by atoms with Crippen LogP contribution in [0.3, 0.4) is 0 Å². The summed E-state index contributed by atoms with van der Waals surface area (Å²) >= 11 is 14.4. The molecule has 2 nitrogen and oxygen atoms in total. The van der Waals surface area contributed by atoms with Gasteiger partial charge in [-0.05, 0) is 46.3 Å². The third-order valence-corrected chi connectivity index (χ3v) is 3.67. The Balaban J connectivity index is 2.46. The van der Waals surface area contributed by atoms with Crippen molar-refractivity contribution in [3.8, 4) is 0 Å². The Morgan fingerprint density at radius 2 is 2.00 bits per heavy atom. The molecule has 0 aromatic heterocycles. The molecule has 2 rings (SSSR count). The molecule has 98 valence electrons. The summed E-state index contributed by atoms with van der Waals surface area (Å²) in [7, 11) is 0. The summed E-state index contributed by atoms with van der Waals surface area (Å²) in [4.78, 5) is 0.181. The average Bonchev–Trinajstić information content (AvgIpc) is 2.33. The van der Waals surface area contributed by atoms with Crippen molar-refractivity contribution in [1.29, 1.82) is 0 Å². The van der Waals surface area contributed by atoms with Crippen molar-refractivity contribution in [3.05, 3.63) is 57.3 Å². The van der Waals surface area contributed by atoms with Crippen molar-refractivity contribution in [1.82, 2.24) is 0 Å². The molecule has 19 heavy (non-hydrogen) atoms. The minimum atomic E-state index is -0.343. The fraction of sp³-hybridized carbons (Fsp3) is 0. The van der Waals surface area contributed by atoms with E-state index in [2.05, 4.69) is 21.2 Å². The van der Waals surface area contributed by atoms with Gasteiger partial charge in [-0.3, -0.25) is 0 Å². The van der Waals surface area contributed by atoms with Gasteiger partial charge in [0.05, 0.1) is 22.0 Å². The summed E-state index contributed by atoms with van der Waals surface area (Å²) in [6.45, 7) is 0. The molecule has 0 aliphatic heterocycles. The van der Waals surface area contributed by atoms with Gasteiger partial charge in [0, 0.05) is 4.47 Å². The minimum absolute atomic E-state index is 0.181. The molecule has 0 saturated heterocycles. The number of thiocarbonyl (C=S) groups is 1. The number of nitrogens with one attached hydrogen (secondary N) is 1. The third kappa shape index (κ3) is 3.23. The topological polar surface area (TPSA) is 38.0 Å². The number of anilines is 2. The molecule has 0 fully saturated rings. The molecular formula is C13H9BrClFN2S. The molecule has 0 atom stereocenters. The summed E-state index contributed by atoms with van der Waals surface area (Å²) in [6, 6.07) is 9.58. The summed E-state index contributed by atoms with van der Waals surface area (Å²) in [5.41, 5.74) is 7.40. The predicted molar refractivity (Wildman–Crippen MR) is 84.7 cm³/mol. The maximum Gasteiger partial charge on any atom is 0.125 e. The van der Waals surface area contributed by atoms with Crippen molar-refractivity contribution in [3.63, 3.8) is 0 Å². The molecule has 6 heteroatoms. The summed E-state index contributed by atoms with van der Waals surface area (Å²) < 4.78 is 14.0. The number of hydrogen-bond acceptors (Lipinski definition) is 2. The van der Waals surface area contributed by atoms with E-state index < -0.39 is 0 Å². The Hall–Kier alpha value is -1.17. The van der Waals surface area contributed by atoms with E-state index in [4.69, 9.17) is 29.6 Å². The van der Waals surface area contributed by atoms with E-state index in [9.17, 15) is 4.39 Å². The molecule has 2 aromatic carbocycles. The van der Waals surface area contributed by atoms with Gasteiger partial charge in [-0.1, -0.05) is 29.9 Å². The Morgan fingerprint density at radius 3 is 2.68 bits per heavy atom. The van der Waals surface area contributed by atoms with Crippen LogP contribution in [0.1, 0.15) is 5.56 Å². The molecule has 0 unspecified atom stereocenters. The van der Waals surface area contributed by atoms with Crippen LogP contribution in [-0.2, 0) is 0 Å². The normalized spacial score (nSPS) is 10.3. The average molecular weight is 360 g/mol. The van der Waals surface area contributed by atoms with Gasteiger partial charge < -0.3 is 11.1 Å². The Kier molecular flexibility index (Phi) is 4.39. The summed E-state index contributed by atoms with van der Waals surface area (Å²) in [5, 5.41) is 3.51. The zero-order chi connectivity index (χ0) is 14.0. The van der Waals surface area contributed by atoms with Crippen LogP contribution in [0.15, 0.2) is 40.9 Å². The fourth-order valence-corrected chi connectivity index (χ4v) is 2.52. The highest BCUT2D eigenvalue weighted by molar-refractivity contribution is 9.10. The van der Waals surface area contributed by atoms with Gasteiger partial charge in [-0.15, -0.1) is 0 Å². The first-order valence-corrected chi connectivity index (χ1v) is 6.87. The number of rotatable bonds is 3. The summed E-state index contributed by atoms with van der Waals surface area (Å²) in [6.07, 6.45) is 0. The van der Waals surface area contributed by atoms with Gasteiger partial charge in [-0.25, -0.2) is 4.39 Å². The SMILES string of the molecule is NC(=S)c1c(Cl)cccc1Nc1cc(F)ccc1Br. The molecule has 3 N–H and O–H groups in total. The molecule has 0 radical (unpaired) electrons. The first-order chi connectivity index (χ1) is 8.99. The van der Waals surface area contributed by atoms with Crippen LogP contribution in [0, 0.1) is 5.82 Å². The van der Waals surface area contributed by atoms with Gasteiger partial charge in [0.15, 0.2) is 0 Å². The van der Waals surface area contributed by atoms with Crippen LogP contribution in [-0.4, -0.2) is 4.99 Å². The Morgan fingerprint density at radius 1 is 1.26 bits per heavy atom. The van der Waals surface area contributed by atoms with Crippen molar-refractivity contribution < 1.29 is 4.39 Å². The van der Waals surface area contributed by atoms with Crippen molar-refractivity contribution >= 4 is 56.1 Å². The molecular weight excluding hydrogens is 351 g/mol. The number of benzene rings is 2. The van der Waals surface area contributed by atoms with Crippen LogP contribution in [0.4, 0.5) is 15.8 Å². The van der Waals surface area contributed by atoms with Gasteiger partial charge in [-0.2, -0.15) is 0 Å². The van der Waals surface area contributed by atoms with E-state index in [-0.39, 0.29) is 10.8 Å². The number of hydrogen-bond donors (Lipinski definition) is 2. The molecule has 0 heterocycles. The molecule has 2 aromatic rings. The van der Waals surface area contributed by atoms with Crippen LogP contribution >= 0.6 is 39.7 Å². The lowest BCUT2D eigenvalue weighted by atomic mass is 10.1. The van der Waals surface area contributed by atoms with Gasteiger partial charge in [0.25, 0.3) is 0 Å². The van der Waals surface area contributed by atoms with Crippen molar-refractivity contribution in [2.75, 3.05) is 5.32 Å². The molecule has 0 aliphatic carbocycles. The van der Waals surface area contributed by atoms with Crippen LogP contribution in [0.25, 0.3) is 0 Å². The van der Waals surface area contributed by atoms with E-state index >= 15 is 0 Å². The number of nitrogens with two attached hydrogens (primary N) is 1. The first kappa shape index (κ1) is 14.2. The molecule has 0 saturated carbocycles. The second-order valence-corrected chi connectivity index (χ2v) is 5.48. The standard InChI is InChI=1S/C13H9BrClFN2S/c14-8-5-4-7(16)6-11(8)18-10-3-1-2-9(15)12(10)13(17)19/h1-6,18H,(H2,17,19). The minimum Gasteiger partial charge on any atom is -0.389 e. The third-order valence-electron chi connectivity index (χ3n) is 2.46. The first-order valence-electron chi connectivity index (χ1n) is 5.29. The van der Waals surface area contributed by atoms with E-state index in [1.54, 1.807) is 24.3 Å². The molecule has 0 amide bonds. The zero-order valence-corrected chi connectivity index (χ0v) is 12.7. The van der Waals surface area contributed by atoms with E-state index in [0.717, 1.165) is 4.47 Å². The van der Waals surface area contributed by atoms with Crippen LogP contribution in [0.5, 0.6) is 0 Å². The maximum absolute atomic E-state index is 13.3.